The fourth-order valence-corrected chi connectivity index (χ4v) is 3.19. The van der Waals surface area contributed by atoms with Crippen LogP contribution in [0.1, 0.15) is 18.5 Å². The molecule has 0 bridgehead atoms. The lowest BCUT2D eigenvalue weighted by Gasteiger charge is -2.03. The molecule has 86 valence electrons. The molecule has 1 aliphatic carbocycles. The monoisotopic (exact) mass is 242 g/mol. The maximum atomic E-state index is 11.9. The van der Waals surface area contributed by atoms with Crippen LogP contribution in [0.25, 0.3) is 0 Å². The van der Waals surface area contributed by atoms with Gasteiger partial charge in [-0.3, -0.25) is 10.1 Å². The molecule has 1 saturated carbocycles. The van der Waals surface area contributed by atoms with Crippen molar-refractivity contribution in [2.45, 2.75) is 30.0 Å². The largest absolute Gasteiger partial charge is 0.306 e. The van der Waals surface area contributed by atoms with Gasteiger partial charge in [-0.05, 0) is 25.8 Å². The van der Waals surface area contributed by atoms with E-state index < -0.39 is 25.7 Å². The standard InChI is InChI=1S/C9H10N2O4S/c1-6-2-5-8(11(12)13)9(10-6)16(14,15)7-3-4-7/h2,5,7H,3-4H2,1H3. The summed E-state index contributed by atoms with van der Waals surface area (Å²) >= 11 is 0. The van der Waals surface area contributed by atoms with Crippen molar-refractivity contribution in [3.05, 3.63) is 27.9 Å². The zero-order valence-corrected chi connectivity index (χ0v) is 9.40. The lowest BCUT2D eigenvalue weighted by molar-refractivity contribution is -0.388. The first-order valence-corrected chi connectivity index (χ1v) is 6.33. The molecule has 16 heavy (non-hydrogen) atoms. The Balaban J connectivity index is 2.62. The molecule has 0 atom stereocenters. The zero-order valence-electron chi connectivity index (χ0n) is 8.58. The van der Waals surface area contributed by atoms with Crippen molar-refractivity contribution >= 4 is 15.5 Å². The van der Waals surface area contributed by atoms with Gasteiger partial charge in [-0.15, -0.1) is 0 Å². The lowest BCUT2D eigenvalue weighted by Crippen LogP contribution is -2.12. The molecule has 0 saturated heterocycles. The Labute approximate surface area is 92.4 Å². The topological polar surface area (TPSA) is 90.2 Å². The van der Waals surface area contributed by atoms with Gasteiger partial charge in [-0.1, -0.05) is 0 Å². The van der Waals surface area contributed by atoms with Crippen LogP contribution in [0, 0.1) is 17.0 Å². The molecule has 6 nitrogen and oxygen atoms in total. The molecular formula is C9H10N2O4S. The average Bonchev–Trinajstić information content (AvgIpc) is 3.00. The van der Waals surface area contributed by atoms with Crippen LogP contribution < -0.4 is 0 Å². The van der Waals surface area contributed by atoms with Crippen molar-refractivity contribution in [1.82, 2.24) is 4.98 Å². The van der Waals surface area contributed by atoms with Crippen LogP contribution in [0.2, 0.25) is 0 Å². The van der Waals surface area contributed by atoms with Gasteiger partial charge in [0.2, 0.25) is 14.9 Å². The molecule has 0 aliphatic heterocycles. The van der Waals surface area contributed by atoms with Crippen molar-refractivity contribution in [1.29, 1.82) is 0 Å². The Morgan fingerprint density at radius 2 is 2.06 bits per heavy atom. The number of nitro groups is 1. The highest BCUT2D eigenvalue weighted by molar-refractivity contribution is 7.92. The van der Waals surface area contributed by atoms with E-state index in [1.54, 1.807) is 6.92 Å². The second kappa shape index (κ2) is 3.51. The number of nitrogens with zero attached hydrogens (tertiary/aromatic N) is 2. The number of hydrogen-bond donors (Lipinski definition) is 0. The van der Waals surface area contributed by atoms with Gasteiger partial charge in [0.25, 0.3) is 0 Å². The Hall–Kier alpha value is -1.50. The molecular weight excluding hydrogens is 232 g/mol. The minimum Gasteiger partial charge on any atom is -0.258 e. The van der Waals surface area contributed by atoms with Gasteiger partial charge in [0.1, 0.15) is 0 Å². The maximum absolute atomic E-state index is 11.9. The molecule has 1 aromatic heterocycles. The highest BCUT2D eigenvalue weighted by atomic mass is 32.2. The Morgan fingerprint density at radius 1 is 1.44 bits per heavy atom. The molecule has 1 aliphatic rings. The van der Waals surface area contributed by atoms with E-state index in [4.69, 9.17) is 0 Å². The highest BCUT2D eigenvalue weighted by Gasteiger charge is 2.41. The number of pyridine rings is 1. The number of hydrogen-bond acceptors (Lipinski definition) is 5. The van der Waals surface area contributed by atoms with Gasteiger partial charge < -0.3 is 0 Å². The summed E-state index contributed by atoms with van der Waals surface area (Å²) in [6.07, 6.45) is 1.13. The first-order valence-electron chi connectivity index (χ1n) is 4.79. The predicted octanol–water partition coefficient (Wildman–Crippen LogP) is 1.23. The van der Waals surface area contributed by atoms with Crippen LogP contribution in [-0.2, 0) is 9.84 Å². The molecule has 1 aromatic rings. The molecule has 0 spiro atoms. The summed E-state index contributed by atoms with van der Waals surface area (Å²) in [5.74, 6) is 0. The number of aryl methyl sites for hydroxylation is 1. The second-order valence-electron chi connectivity index (χ2n) is 3.78. The van der Waals surface area contributed by atoms with Gasteiger partial charge in [0, 0.05) is 11.8 Å². The summed E-state index contributed by atoms with van der Waals surface area (Å²) in [5.41, 5.74) is 0.0299. The van der Waals surface area contributed by atoms with Crippen molar-refractivity contribution in [2.24, 2.45) is 0 Å². The smallest absolute Gasteiger partial charge is 0.258 e. The van der Waals surface area contributed by atoms with E-state index >= 15 is 0 Å². The summed E-state index contributed by atoms with van der Waals surface area (Å²) in [5, 5.41) is 9.85. The van der Waals surface area contributed by atoms with Crippen molar-refractivity contribution in [2.75, 3.05) is 0 Å². The summed E-state index contributed by atoms with van der Waals surface area (Å²) in [7, 11) is -3.62. The minimum absolute atomic E-state index is 0.389. The van der Waals surface area contributed by atoms with Crippen LogP contribution in [0.15, 0.2) is 17.2 Å². The van der Waals surface area contributed by atoms with Crippen molar-refractivity contribution in [3.63, 3.8) is 0 Å². The van der Waals surface area contributed by atoms with Gasteiger partial charge in [0.15, 0.2) is 0 Å². The van der Waals surface area contributed by atoms with Gasteiger partial charge in [-0.2, -0.15) is 0 Å². The van der Waals surface area contributed by atoms with E-state index in [0.29, 0.717) is 18.5 Å². The fraction of sp³-hybridized carbons (Fsp3) is 0.444. The first-order chi connectivity index (χ1) is 7.43. The summed E-state index contributed by atoms with van der Waals surface area (Å²) in [4.78, 5) is 13.8. The van der Waals surface area contributed by atoms with E-state index in [9.17, 15) is 18.5 Å². The van der Waals surface area contributed by atoms with Gasteiger partial charge in [-0.25, -0.2) is 13.4 Å². The van der Waals surface area contributed by atoms with Crippen LogP contribution in [0.4, 0.5) is 5.69 Å². The summed E-state index contributed by atoms with van der Waals surface area (Å²) in [6.45, 7) is 1.61. The van der Waals surface area contributed by atoms with Gasteiger partial charge in [0.05, 0.1) is 10.2 Å². The van der Waals surface area contributed by atoms with E-state index in [0.717, 1.165) is 0 Å². The molecule has 1 fully saturated rings. The second-order valence-corrected chi connectivity index (χ2v) is 5.92. The molecule has 0 unspecified atom stereocenters. The zero-order chi connectivity index (χ0) is 11.9. The van der Waals surface area contributed by atoms with Gasteiger partial charge >= 0.3 is 5.69 Å². The summed E-state index contributed by atoms with van der Waals surface area (Å²) in [6, 6.07) is 2.63. The fourth-order valence-electron chi connectivity index (χ4n) is 1.41. The molecule has 0 aromatic carbocycles. The van der Waals surface area contributed by atoms with E-state index in [-0.39, 0.29) is 5.03 Å². The van der Waals surface area contributed by atoms with E-state index in [1.807, 2.05) is 0 Å². The summed E-state index contributed by atoms with van der Waals surface area (Å²) < 4.78 is 23.8. The SMILES string of the molecule is Cc1ccc([N+](=O)[O-])c(S(=O)(=O)C2CC2)n1. The molecule has 7 heteroatoms. The quantitative estimate of drug-likeness (QED) is 0.587. The van der Waals surface area contributed by atoms with E-state index in [2.05, 4.69) is 4.98 Å². The molecule has 0 N–H and O–H groups in total. The van der Waals surface area contributed by atoms with Crippen LogP contribution in [0.5, 0.6) is 0 Å². The van der Waals surface area contributed by atoms with Crippen LogP contribution in [0.3, 0.4) is 0 Å². The molecule has 0 amide bonds. The predicted molar refractivity (Wildman–Crippen MR) is 55.8 cm³/mol. The average molecular weight is 242 g/mol. The molecule has 0 radical (unpaired) electrons. The highest BCUT2D eigenvalue weighted by Crippen LogP contribution is 2.36. The normalized spacial score (nSPS) is 16.1. The Morgan fingerprint density at radius 3 is 2.56 bits per heavy atom. The minimum atomic E-state index is -3.62. The number of rotatable bonds is 3. The number of sulfone groups is 1. The van der Waals surface area contributed by atoms with Crippen LogP contribution >= 0.6 is 0 Å². The van der Waals surface area contributed by atoms with Crippen molar-refractivity contribution in [3.8, 4) is 0 Å². The molecule has 2 rings (SSSR count). The van der Waals surface area contributed by atoms with E-state index in [1.165, 1.54) is 12.1 Å². The Kier molecular flexibility index (Phi) is 2.42. The Bertz CT molecular complexity index is 549. The number of aromatic nitrogens is 1. The third kappa shape index (κ3) is 1.78. The van der Waals surface area contributed by atoms with Crippen molar-refractivity contribution < 1.29 is 13.3 Å². The lowest BCUT2D eigenvalue weighted by atomic mass is 10.3. The third-order valence-electron chi connectivity index (χ3n) is 2.41. The molecule has 1 heterocycles. The maximum Gasteiger partial charge on any atom is 0.306 e. The van der Waals surface area contributed by atoms with Crippen LogP contribution in [-0.4, -0.2) is 23.6 Å². The third-order valence-corrected chi connectivity index (χ3v) is 4.60. The first kappa shape index (κ1) is 11.0.